The minimum atomic E-state index is -0.467. The molecule has 4 aliphatic heterocycles. The second-order valence-corrected chi connectivity index (χ2v) is 12.0. The Morgan fingerprint density at radius 1 is 1.03 bits per heavy atom. The molecule has 212 valence electrons. The molecule has 1 spiro atoms. The molecule has 10 nitrogen and oxygen atoms in total. The van der Waals surface area contributed by atoms with Crippen molar-refractivity contribution >= 4 is 29.3 Å². The van der Waals surface area contributed by atoms with Crippen LogP contribution in [0.1, 0.15) is 57.9 Å². The summed E-state index contributed by atoms with van der Waals surface area (Å²) in [7, 11) is 2.11. The van der Waals surface area contributed by atoms with Crippen LogP contribution in [0.15, 0.2) is 24.3 Å². The number of benzene rings is 1. The number of nitrogens with zero attached hydrogens (tertiary/aromatic N) is 4. The summed E-state index contributed by atoms with van der Waals surface area (Å²) in [6.07, 6.45) is 4.40. The molecule has 4 aliphatic rings. The van der Waals surface area contributed by atoms with Crippen molar-refractivity contribution < 1.29 is 19.2 Å². The predicted octanol–water partition coefficient (Wildman–Crippen LogP) is 1.41. The molecule has 4 amide bonds. The standard InChI is InChI=1S/C29H42N6O4/c1-20(36)30-23-6-4-22(5-7-23)18-33-14-10-29(11-15-33)17-27(38)35-19-25(16-26(35)28(39)31-29)32(3)24-8-12-34(13-9-24)21(2)37/h4-7,24-26H,8-19H2,1-3H3,(H,30,36)(H,31,39)/t25-,26-/m0/s1. The molecular formula is C29H42N6O4. The van der Waals surface area contributed by atoms with Crippen LogP contribution >= 0.6 is 0 Å². The molecule has 4 saturated heterocycles. The zero-order chi connectivity index (χ0) is 27.7. The lowest BCUT2D eigenvalue weighted by molar-refractivity contribution is -0.136. The maximum Gasteiger partial charge on any atom is 0.243 e. The Morgan fingerprint density at radius 2 is 1.69 bits per heavy atom. The van der Waals surface area contributed by atoms with E-state index in [1.165, 1.54) is 12.5 Å². The second-order valence-electron chi connectivity index (χ2n) is 12.0. The van der Waals surface area contributed by atoms with Crippen molar-refractivity contribution in [2.75, 3.05) is 45.1 Å². The molecule has 0 aliphatic carbocycles. The first-order chi connectivity index (χ1) is 18.6. The molecule has 0 aromatic heterocycles. The summed E-state index contributed by atoms with van der Waals surface area (Å²) in [5.41, 5.74) is 1.49. The third kappa shape index (κ3) is 6.11. The average Bonchev–Trinajstić information content (AvgIpc) is 3.33. The van der Waals surface area contributed by atoms with Crippen molar-refractivity contribution in [2.45, 2.75) is 82.6 Å². The largest absolute Gasteiger partial charge is 0.348 e. The van der Waals surface area contributed by atoms with Gasteiger partial charge < -0.3 is 20.4 Å². The molecule has 5 rings (SSSR count). The topological polar surface area (TPSA) is 105 Å². The summed E-state index contributed by atoms with van der Waals surface area (Å²) in [5, 5.41) is 6.12. The number of piperidine rings is 2. The first kappa shape index (κ1) is 27.6. The number of carbonyl (C=O) groups excluding carboxylic acids is 4. The van der Waals surface area contributed by atoms with Crippen LogP contribution in [0.2, 0.25) is 0 Å². The molecule has 1 aromatic carbocycles. The molecule has 0 unspecified atom stereocenters. The Balaban J connectivity index is 1.14. The fourth-order valence-electron chi connectivity index (χ4n) is 6.89. The van der Waals surface area contributed by atoms with E-state index >= 15 is 0 Å². The normalized spacial score (nSPS) is 25.9. The number of likely N-dealkylation sites (N-methyl/N-ethyl adjacent to an activating group) is 1. The number of carbonyl (C=O) groups is 4. The Kier molecular flexibility index (Phi) is 7.96. The van der Waals surface area contributed by atoms with Crippen molar-refractivity contribution in [1.29, 1.82) is 0 Å². The third-order valence-electron chi connectivity index (χ3n) is 9.34. The van der Waals surface area contributed by atoms with Gasteiger partial charge in [0.15, 0.2) is 0 Å². The Hall–Kier alpha value is -2.98. The van der Waals surface area contributed by atoms with Gasteiger partial charge in [-0.2, -0.15) is 0 Å². The molecular weight excluding hydrogens is 496 g/mol. The molecule has 0 bridgehead atoms. The SMILES string of the molecule is CC(=O)Nc1ccc(CN2CCC3(CC2)CC(=O)N2C[C@@H](N(C)C4CCN(C(C)=O)CC4)C[C@H]2C(=O)N3)cc1. The van der Waals surface area contributed by atoms with Crippen molar-refractivity contribution in [3.8, 4) is 0 Å². The molecule has 10 heteroatoms. The van der Waals surface area contributed by atoms with E-state index in [1.807, 2.05) is 34.1 Å². The second kappa shape index (κ2) is 11.3. The van der Waals surface area contributed by atoms with E-state index in [-0.39, 0.29) is 29.7 Å². The summed E-state index contributed by atoms with van der Waals surface area (Å²) < 4.78 is 0. The number of hydrogen-bond donors (Lipinski definition) is 2. The predicted molar refractivity (Wildman–Crippen MR) is 148 cm³/mol. The molecule has 39 heavy (non-hydrogen) atoms. The minimum Gasteiger partial charge on any atom is -0.348 e. The van der Waals surface area contributed by atoms with Crippen molar-refractivity contribution in [1.82, 2.24) is 24.9 Å². The van der Waals surface area contributed by atoms with Crippen LogP contribution in [0, 0.1) is 0 Å². The number of nitrogens with one attached hydrogen (secondary N) is 2. The Morgan fingerprint density at radius 3 is 2.31 bits per heavy atom. The van der Waals surface area contributed by atoms with Gasteiger partial charge in [-0.1, -0.05) is 12.1 Å². The number of amides is 4. The Bertz CT molecular complexity index is 1060. The molecule has 2 N–H and O–H groups in total. The summed E-state index contributed by atoms with van der Waals surface area (Å²) in [6.45, 7) is 7.68. The molecule has 4 heterocycles. The van der Waals surface area contributed by atoms with Crippen LogP contribution in [0.5, 0.6) is 0 Å². The van der Waals surface area contributed by atoms with Crippen molar-refractivity contribution in [2.24, 2.45) is 0 Å². The van der Waals surface area contributed by atoms with Crippen LogP contribution in [0.3, 0.4) is 0 Å². The fourth-order valence-corrected chi connectivity index (χ4v) is 6.89. The smallest absolute Gasteiger partial charge is 0.243 e. The highest BCUT2D eigenvalue weighted by atomic mass is 16.2. The van der Waals surface area contributed by atoms with Crippen molar-refractivity contribution in [3.63, 3.8) is 0 Å². The van der Waals surface area contributed by atoms with E-state index in [4.69, 9.17) is 0 Å². The van der Waals surface area contributed by atoms with Gasteiger partial charge in [0.1, 0.15) is 6.04 Å². The molecule has 0 radical (unpaired) electrons. The first-order valence-corrected chi connectivity index (χ1v) is 14.3. The van der Waals surface area contributed by atoms with Crippen LogP contribution in [0.4, 0.5) is 5.69 Å². The van der Waals surface area contributed by atoms with Gasteiger partial charge in [0.2, 0.25) is 23.6 Å². The number of rotatable bonds is 5. The summed E-state index contributed by atoms with van der Waals surface area (Å²) >= 11 is 0. The van der Waals surface area contributed by atoms with E-state index in [0.717, 1.165) is 64.1 Å². The van der Waals surface area contributed by atoms with Gasteiger partial charge in [-0.3, -0.25) is 29.0 Å². The fraction of sp³-hybridized carbons (Fsp3) is 0.655. The van der Waals surface area contributed by atoms with Crippen molar-refractivity contribution in [3.05, 3.63) is 29.8 Å². The lowest BCUT2D eigenvalue weighted by atomic mass is 9.84. The minimum absolute atomic E-state index is 0.00911. The first-order valence-electron chi connectivity index (χ1n) is 14.3. The van der Waals surface area contributed by atoms with E-state index in [1.54, 1.807) is 6.92 Å². The van der Waals surface area contributed by atoms with Gasteiger partial charge in [-0.15, -0.1) is 0 Å². The van der Waals surface area contributed by atoms with Gasteiger partial charge in [0.05, 0.1) is 12.0 Å². The van der Waals surface area contributed by atoms with E-state index in [2.05, 4.69) is 27.5 Å². The lowest BCUT2D eigenvalue weighted by Crippen LogP contribution is -2.56. The Labute approximate surface area is 231 Å². The molecule has 1 aromatic rings. The zero-order valence-corrected chi connectivity index (χ0v) is 23.4. The lowest BCUT2D eigenvalue weighted by Gasteiger charge is -2.41. The van der Waals surface area contributed by atoms with E-state index < -0.39 is 11.6 Å². The third-order valence-corrected chi connectivity index (χ3v) is 9.34. The number of hydrogen-bond acceptors (Lipinski definition) is 6. The summed E-state index contributed by atoms with van der Waals surface area (Å²) in [5.74, 6) is 0.121. The van der Waals surface area contributed by atoms with Gasteiger partial charge in [0.25, 0.3) is 0 Å². The van der Waals surface area contributed by atoms with E-state index in [0.29, 0.717) is 25.4 Å². The van der Waals surface area contributed by atoms with Crippen LogP contribution in [0.25, 0.3) is 0 Å². The van der Waals surface area contributed by atoms with E-state index in [9.17, 15) is 19.2 Å². The highest BCUT2D eigenvalue weighted by Crippen LogP contribution is 2.34. The monoisotopic (exact) mass is 538 g/mol. The molecule has 2 atom stereocenters. The summed E-state index contributed by atoms with van der Waals surface area (Å²) in [4.78, 5) is 58.3. The zero-order valence-electron chi connectivity index (χ0n) is 23.4. The van der Waals surface area contributed by atoms with Crippen LogP contribution in [-0.4, -0.2) is 107 Å². The maximum absolute atomic E-state index is 13.5. The van der Waals surface area contributed by atoms with Crippen LogP contribution in [-0.2, 0) is 25.7 Å². The van der Waals surface area contributed by atoms with Gasteiger partial charge >= 0.3 is 0 Å². The molecule has 4 fully saturated rings. The highest BCUT2D eigenvalue weighted by Gasteiger charge is 2.49. The van der Waals surface area contributed by atoms with Gasteiger partial charge in [-0.25, -0.2) is 0 Å². The van der Waals surface area contributed by atoms with Gasteiger partial charge in [0, 0.05) is 70.9 Å². The number of fused-ring (bicyclic) bond motifs is 1. The average molecular weight is 539 g/mol. The number of likely N-dealkylation sites (tertiary alicyclic amines) is 2. The highest BCUT2D eigenvalue weighted by molar-refractivity contribution is 5.92. The molecule has 0 saturated carbocycles. The quantitative estimate of drug-likeness (QED) is 0.588. The number of anilines is 1. The maximum atomic E-state index is 13.5. The summed E-state index contributed by atoms with van der Waals surface area (Å²) in [6, 6.07) is 8.01. The van der Waals surface area contributed by atoms with Crippen LogP contribution < -0.4 is 10.6 Å². The van der Waals surface area contributed by atoms with Gasteiger partial charge in [-0.05, 0) is 56.8 Å².